The Morgan fingerprint density at radius 2 is 1.83 bits per heavy atom. The van der Waals surface area contributed by atoms with E-state index < -0.39 is 0 Å². The third-order valence-corrected chi connectivity index (χ3v) is 4.36. The number of carbonyl (C=O) groups is 1. The molecule has 3 rings (SSSR count). The summed E-state index contributed by atoms with van der Waals surface area (Å²) >= 11 is 0. The van der Waals surface area contributed by atoms with E-state index in [-0.39, 0.29) is 24.4 Å². The maximum atomic E-state index is 12.6. The number of para-hydroxylation sites is 1. The molecule has 0 saturated carbocycles. The minimum absolute atomic E-state index is 0. The minimum atomic E-state index is 0. The maximum Gasteiger partial charge on any atom is 0.253 e. The lowest BCUT2D eigenvalue weighted by atomic mass is 10.1. The van der Waals surface area contributed by atoms with Crippen LogP contribution < -0.4 is 10.6 Å². The molecule has 1 aromatic heterocycles. The largest absolute Gasteiger partial charge is 0.349 e. The number of rotatable bonds is 3. The van der Waals surface area contributed by atoms with Crippen LogP contribution in [0.1, 0.15) is 34.6 Å². The zero-order valence-electron chi connectivity index (χ0n) is 13.6. The molecule has 2 N–H and O–H groups in total. The van der Waals surface area contributed by atoms with Gasteiger partial charge in [-0.1, -0.05) is 18.2 Å². The number of aryl methyl sites for hydroxylation is 1. The summed E-state index contributed by atoms with van der Waals surface area (Å²) in [5.74, 6) is 0.0437. The van der Waals surface area contributed by atoms with Crippen LogP contribution in [-0.2, 0) is 0 Å². The first kappa shape index (κ1) is 17.6. The second-order valence-corrected chi connectivity index (χ2v) is 5.95. The van der Waals surface area contributed by atoms with Gasteiger partial charge in [0.1, 0.15) is 0 Å². The lowest BCUT2D eigenvalue weighted by Gasteiger charge is -2.23. The van der Waals surface area contributed by atoms with Crippen molar-refractivity contribution in [3.05, 3.63) is 53.3 Å². The van der Waals surface area contributed by atoms with Gasteiger partial charge < -0.3 is 15.2 Å². The first-order valence-corrected chi connectivity index (χ1v) is 7.93. The fourth-order valence-electron chi connectivity index (χ4n) is 3.20. The lowest BCUT2D eigenvalue weighted by molar-refractivity contribution is 0.0929. The van der Waals surface area contributed by atoms with Crippen molar-refractivity contribution in [3.63, 3.8) is 0 Å². The summed E-state index contributed by atoms with van der Waals surface area (Å²) < 4.78 is 2.14. The van der Waals surface area contributed by atoms with E-state index in [1.807, 2.05) is 38.1 Å². The van der Waals surface area contributed by atoms with Crippen LogP contribution in [0.5, 0.6) is 0 Å². The summed E-state index contributed by atoms with van der Waals surface area (Å²) in [5.41, 5.74) is 3.95. The Kier molecular flexibility index (Phi) is 5.85. The zero-order chi connectivity index (χ0) is 15.5. The van der Waals surface area contributed by atoms with Gasteiger partial charge in [-0.25, -0.2) is 0 Å². The Morgan fingerprint density at radius 3 is 2.48 bits per heavy atom. The van der Waals surface area contributed by atoms with E-state index >= 15 is 0 Å². The second kappa shape index (κ2) is 7.66. The van der Waals surface area contributed by atoms with E-state index in [1.165, 1.54) is 0 Å². The lowest BCUT2D eigenvalue weighted by Crippen LogP contribution is -2.42. The van der Waals surface area contributed by atoms with Gasteiger partial charge in [0.25, 0.3) is 5.91 Å². The molecule has 1 aromatic carbocycles. The van der Waals surface area contributed by atoms with Crippen LogP contribution in [0.25, 0.3) is 5.69 Å². The monoisotopic (exact) mass is 333 g/mol. The van der Waals surface area contributed by atoms with E-state index in [2.05, 4.69) is 27.3 Å². The van der Waals surface area contributed by atoms with Crippen LogP contribution in [-0.4, -0.2) is 29.6 Å². The summed E-state index contributed by atoms with van der Waals surface area (Å²) in [6, 6.07) is 12.4. The van der Waals surface area contributed by atoms with Crippen LogP contribution in [0.15, 0.2) is 36.4 Å². The summed E-state index contributed by atoms with van der Waals surface area (Å²) in [7, 11) is 0. The molecule has 1 amide bonds. The number of piperidine rings is 1. The van der Waals surface area contributed by atoms with Crippen LogP contribution in [0.2, 0.25) is 0 Å². The molecule has 0 aliphatic carbocycles. The van der Waals surface area contributed by atoms with Gasteiger partial charge in [-0.15, -0.1) is 12.4 Å². The van der Waals surface area contributed by atoms with E-state index in [4.69, 9.17) is 0 Å². The molecule has 2 heterocycles. The highest BCUT2D eigenvalue weighted by atomic mass is 35.5. The fourth-order valence-corrected chi connectivity index (χ4v) is 3.20. The van der Waals surface area contributed by atoms with Gasteiger partial charge in [-0.3, -0.25) is 4.79 Å². The smallest absolute Gasteiger partial charge is 0.253 e. The third kappa shape index (κ3) is 3.77. The Labute approximate surface area is 143 Å². The number of amides is 1. The van der Waals surface area contributed by atoms with Crippen molar-refractivity contribution >= 4 is 18.3 Å². The van der Waals surface area contributed by atoms with Crippen LogP contribution >= 0.6 is 12.4 Å². The summed E-state index contributed by atoms with van der Waals surface area (Å²) in [5, 5.41) is 6.49. The predicted octanol–water partition coefficient (Wildman–Crippen LogP) is 3.00. The highest BCUT2D eigenvalue weighted by Crippen LogP contribution is 2.21. The summed E-state index contributed by atoms with van der Waals surface area (Å²) in [6.45, 7) is 6.01. The molecule has 124 valence electrons. The van der Waals surface area contributed by atoms with Crippen molar-refractivity contribution in [1.82, 2.24) is 15.2 Å². The van der Waals surface area contributed by atoms with Gasteiger partial charge in [0.05, 0.1) is 5.56 Å². The van der Waals surface area contributed by atoms with Crippen molar-refractivity contribution in [2.75, 3.05) is 13.1 Å². The van der Waals surface area contributed by atoms with Crippen molar-refractivity contribution < 1.29 is 4.79 Å². The van der Waals surface area contributed by atoms with Crippen molar-refractivity contribution in [2.45, 2.75) is 32.7 Å². The molecule has 1 fully saturated rings. The molecule has 1 saturated heterocycles. The first-order valence-electron chi connectivity index (χ1n) is 7.93. The number of hydrogen-bond donors (Lipinski definition) is 2. The van der Waals surface area contributed by atoms with E-state index in [9.17, 15) is 4.79 Å². The zero-order valence-corrected chi connectivity index (χ0v) is 14.5. The molecule has 0 unspecified atom stereocenters. The number of hydrogen-bond acceptors (Lipinski definition) is 2. The summed E-state index contributed by atoms with van der Waals surface area (Å²) in [4.78, 5) is 12.6. The van der Waals surface area contributed by atoms with Crippen molar-refractivity contribution in [1.29, 1.82) is 0 Å². The Balaban J connectivity index is 0.00000192. The normalized spacial score (nSPS) is 15.0. The van der Waals surface area contributed by atoms with Crippen molar-refractivity contribution in [3.8, 4) is 5.69 Å². The number of nitrogens with one attached hydrogen (secondary N) is 2. The van der Waals surface area contributed by atoms with E-state index in [0.717, 1.165) is 48.6 Å². The summed E-state index contributed by atoms with van der Waals surface area (Å²) in [6.07, 6.45) is 2.01. The first-order chi connectivity index (χ1) is 10.7. The molecule has 0 atom stereocenters. The quantitative estimate of drug-likeness (QED) is 0.907. The molecular weight excluding hydrogens is 310 g/mol. The predicted molar refractivity (Wildman–Crippen MR) is 95.8 cm³/mol. The van der Waals surface area contributed by atoms with Crippen LogP contribution in [0, 0.1) is 13.8 Å². The second-order valence-electron chi connectivity index (χ2n) is 5.95. The van der Waals surface area contributed by atoms with E-state index in [1.54, 1.807) is 0 Å². The molecule has 23 heavy (non-hydrogen) atoms. The number of aromatic nitrogens is 1. The average Bonchev–Trinajstić information content (AvgIpc) is 2.84. The SMILES string of the molecule is Cc1cc(C(=O)NC2CCNCC2)c(C)n1-c1ccccc1.Cl. The number of nitrogens with zero attached hydrogens (tertiary/aromatic N) is 1. The molecule has 0 spiro atoms. The fraction of sp³-hybridized carbons (Fsp3) is 0.389. The van der Waals surface area contributed by atoms with Gasteiger partial charge >= 0.3 is 0 Å². The molecule has 1 aliphatic heterocycles. The molecular formula is C18H24ClN3O. The van der Waals surface area contributed by atoms with Crippen LogP contribution in [0.3, 0.4) is 0 Å². The molecule has 0 bridgehead atoms. The van der Waals surface area contributed by atoms with Gasteiger partial charge in [-0.2, -0.15) is 0 Å². The number of halogens is 1. The number of benzene rings is 1. The van der Waals surface area contributed by atoms with Gasteiger partial charge in [0, 0.05) is 23.1 Å². The molecule has 0 radical (unpaired) electrons. The highest BCUT2D eigenvalue weighted by Gasteiger charge is 2.20. The van der Waals surface area contributed by atoms with Gasteiger partial charge in [-0.05, 0) is 58.0 Å². The minimum Gasteiger partial charge on any atom is -0.349 e. The Hall–Kier alpha value is -1.78. The van der Waals surface area contributed by atoms with Gasteiger partial charge in [0.15, 0.2) is 0 Å². The topological polar surface area (TPSA) is 46.1 Å². The number of carbonyl (C=O) groups excluding carboxylic acids is 1. The van der Waals surface area contributed by atoms with E-state index in [0.29, 0.717) is 0 Å². The molecule has 4 nitrogen and oxygen atoms in total. The molecule has 5 heteroatoms. The van der Waals surface area contributed by atoms with Gasteiger partial charge in [0.2, 0.25) is 0 Å². The average molecular weight is 334 g/mol. The highest BCUT2D eigenvalue weighted by molar-refractivity contribution is 5.96. The van der Waals surface area contributed by atoms with Crippen molar-refractivity contribution in [2.24, 2.45) is 0 Å². The van der Waals surface area contributed by atoms with Crippen LogP contribution in [0.4, 0.5) is 0 Å². The third-order valence-electron chi connectivity index (χ3n) is 4.36. The maximum absolute atomic E-state index is 12.6. The Morgan fingerprint density at radius 1 is 1.17 bits per heavy atom. The molecule has 2 aromatic rings. The Bertz CT molecular complexity index is 660. The standard InChI is InChI=1S/C18H23N3O.ClH/c1-13-12-17(18(22)20-15-8-10-19-11-9-15)14(2)21(13)16-6-4-3-5-7-16;/h3-7,12,15,19H,8-11H2,1-2H3,(H,20,22);1H. The molecule has 1 aliphatic rings.